The lowest BCUT2D eigenvalue weighted by molar-refractivity contribution is -0.384. The molecule has 2 amide bonds. The van der Waals surface area contributed by atoms with Gasteiger partial charge in [0.05, 0.1) is 29.4 Å². The fourth-order valence-electron chi connectivity index (χ4n) is 4.33. The minimum atomic E-state index is -1.01. The summed E-state index contributed by atoms with van der Waals surface area (Å²) in [7, 11) is 1.57. The van der Waals surface area contributed by atoms with Crippen LogP contribution in [0, 0.1) is 16.0 Å². The van der Waals surface area contributed by atoms with Crippen LogP contribution in [0.4, 0.5) is 17.1 Å². The topological polar surface area (TPSA) is 102 Å². The quantitative estimate of drug-likeness (QED) is 0.336. The Bertz CT molecular complexity index is 1210. The molecule has 0 spiro atoms. The first-order chi connectivity index (χ1) is 16.0. The number of imide groups is 1. The van der Waals surface area contributed by atoms with Crippen molar-refractivity contribution in [2.45, 2.75) is 12.1 Å². The van der Waals surface area contributed by atoms with Crippen molar-refractivity contribution in [1.82, 2.24) is 0 Å². The number of non-ortho nitro benzene ring substituents is 1. The molecule has 2 aliphatic heterocycles. The molecule has 2 heterocycles. The molecule has 9 nitrogen and oxygen atoms in total. The number of hydrogen-bond donors (Lipinski definition) is 0. The van der Waals surface area contributed by atoms with E-state index in [2.05, 4.69) is 0 Å². The number of amides is 2. The smallest absolute Gasteiger partial charge is 0.269 e. The van der Waals surface area contributed by atoms with E-state index in [1.54, 1.807) is 36.4 Å². The molecule has 0 saturated carbocycles. The number of fused-ring (bicyclic) bond motifs is 1. The van der Waals surface area contributed by atoms with Gasteiger partial charge in [-0.3, -0.25) is 24.5 Å². The number of benzene rings is 3. The SMILES string of the molecule is COc1ccc(N2O[C@@H]3C(=O)N(c4ccc([N+](=O)[O-])cc4)C(=O)[C@H]3[C@@H]2c2ccccc2)cc1. The number of nitro groups is 1. The van der Waals surface area contributed by atoms with Crippen LogP contribution in [0.3, 0.4) is 0 Å². The summed E-state index contributed by atoms with van der Waals surface area (Å²) < 4.78 is 5.22. The van der Waals surface area contributed by atoms with Crippen molar-refractivity contribution in [3.63, 3.8) is 0 Å². The maximum atomic E-state index is 13.5. The fraction of sp³-hybridized carbons (Fsp3) is 0.167. The first-order valence-electron chi connectivity index (χ1n) is 10.3. The maximum Gasteiger partial charge on any atom is 0.269 e. The number of ether oxygens (including phenoxy) is 1. The van der Waals surface area contributed by atoms with Gasteiger partial charge in [0.25, 0.3) is 11.6 Å². The molecule has 2 fully saturated rings. The van der Waals surface area contributed by atoms with Crippen LogP contribution < -0.4 is 14.7 Å². The number of nitrogens with zero attached hydrogens (tertiary/aromatic N) is 3. The molecule has 33 heavy (non-hydrogen) atoms. The average molecular weight is 445 g/mol. The fourth-order valence-corrected chi connectivity index (χ4v) is 4.33. The first-order valence-corrected chi connectivity index (χ1v) is 10.3. The number of carbonyl (C=O) groups is 2. The molecular weight excluding hydrogens is 426 g/mol. The van der Waals surface area contributed by atoms with Gasteiger partial charge < -0.3 is 4.74 Å². The molecule has 5 rings (SSSR count). The Labute approximate surface area is 188 Å². The second-order valence-corrected chi connectivity index (χ2v) is 7.72. The van der Waals surface area contributed by atoms with Gasteiger partial charge in [0.2, 0.25) is 5.91 Å². The molecule has 166 valence electrons. The van der Waals surface area contributed by atoms with E-state index in [4.69, 9.17) is 9.57 Å². The van der Waals surface area contributed by atoms with Crippen LogP contribution >= 0.6 is 0 Å². The van der Waals surface area contributed by atoms with E-state index in [0.717, 1.165) is 10.5 Å². The Morgan fingerprint density at radius 3 is 2.12 bits per heavy atom. The van der Waals surface area contributed by atoms with Crippen molar-refractivity contribution in [2.75, 3.05) is 17.1 Å². The van der Waals surface area contributed by atoms with Crippen LogP contribution in [-0.2, 0) is 14.4 Å². The third-order valence-electron chi connectivity index (χ3n) is 5.90. The molecule has 0 bridgehead atoms. The second-order valence-electron chi connectivity index (χ2n) is 7.72. The summed E-state index contributed by atoms with van der Waals surface area (Å²) in [6.45, 7) is 0. The second kappa shape index (κ2) is 8.03. The molecule has 0 aliphatic carbocycles. The van der Waals surface area contributed by atoms with E-state index in [0.29, 0.717) is 11.4 Å². The molecule has 0 aromatic heterocycles. The van der Waals surface area contributed by atoms with Gasteiger partial charge in [0, 0.05) is 12.1 Å². The summed E-state index contributed by atoms with van der Waals surface area (Å²) in [5, 5.41) is 12.6. The third-order valence-corrected chi connectivity index (χ3v) is 5.90. The standard InChI is InChI=1S/C24H19N3O6/c1-32-19-13-11-17(12-14-19)26-21(15-5-3-2-4-6-15)20-22(33-26)24(29)25(23(20)28)16-7-9-18(10-8-16)27(30)31/h2-14,20-22H,1H3/t20-,21-,22-/m0/s1. The molecule has 9 heteroatoms. The van der Waals surface area contributed by atoms with Crippen LogP contribution in [0.2, 0.25) is 0 Å². The van der Waals surface area contributed by atoms with Gasteiger partial charge in [-0.2, -0.15) is 0 Å². The third kappa shape index (κ3) is 3.39. The summed E-state index contributed by atoms with van der Waals surface area (Å²) in [5.74, 6) is -1.03. The predicted octanol–water partition coefficient (Wildman–Crippen LogP) is 3.65. The summed E-state index contributed by atoms with van der Waals surface area (Å²) in [4.78, 5) is 44.4. The summed E-state index contributed by atoms with van der Waals surface area (Å²) in [6.07, 6.45) is -1.01. The Morgan fingerprint density at radius 2 is 1.52 bits per heavy atom. The summed E-state index contributed by atoms with van der Waals surface area (Å²) >= 11 is 0. The monoisotopic (exact) mass is 445 g/mol. The maximum absolute atomic E-state index is 13.5. The largest absolute Gasteiger partial charge is 0.497 e. The molecule has 3 aromatic carbocycles. The molecule has 0 unspecified atom stereocenters. The van der Waals surface area contributed by atoms with Crippen molar-refractivity contribution in [1.29, 1.82) is 0 Å². The van der Waals surface area contributed by atoms with E-state index >= 15 is 0 Å². The number of hydrogen-bond acceptors (Lipinski definition) is 7. The molecule has 2 saturated heterocycles. The molecular formula is C24H19N3O6. The molecule has 3 atom stereocenters. The normalized spacial score (nSPS) is 21.9. The number of nitro benzene ring substituents is 1. The van der Waals surface area contributed by atoms with Crippen molar-refractivity contribution >= 4 is 28.9 Å². The number of hydroxylamine groups is 1. The summed E-state index contributed by atoms with van der Waals surface area (Å²) in [6, 6.07) is 21.3. The van der Waals surface area contributed by atoms with E-state index in [1.165, 1.54) is 24.3 Å². The number of carbonyl (C=O) groups excluding carboxylic acids is 2. The van der Waals surface area contributed by atoms with E-state index in [1.807, 2.05) is 30.3 Å². The van der Waals surface area contributed by atoms with Crippen LogP contribution in [0.15, 0.2) is 78.9 Å². The Morgan fingerprint density at radius 1 is 0.879 bits per heavy atom. The number of anilines is 2. The number of methoxy groups -OCH3 is 1. The van der Waals surface area contributed by atoms with Gasteiger partial charge in [-0.05, 0) is 42.0 Å². The highest BCUT2D eigenvalue weighted by molar-refractivity contribution is 6.23. The zero-order chi connectivity index (χ0) is 23.1. The molecule has 3 aromatic rings. The minimum absolute atomic E-state index is 0.123. The molecule has 0 radical (unpaired) electrons. The lowest BCUT2D eigenvalue weighted by atomic mass is 9.90. The number of rotatable bonds is 5. The van der Waals surface area contributed by atoms with Gasteiger partial charge >= 0.3 is 0 Å². The van der Waals surface area contributed by atoms with Crippen molar-refractivity contribution in [2.24, 2.45) is 5.92 Å². The van der Waals surface area contributed by atoms with Crippen LogP contribution in [0.1, 0.15) is 11.6 Å². The van der Waals surface area contributed by atoms with Crippen LogP contribution in [0.25, 0.3) is 0 Å². The van der Waals surface area contributed by atoms with Gasteiger partial charge in [0.1, 0.15) is 11.7 Å². The predicted molar refractivity (Wildman–Crippen MR) is 119 cm³/mol. The van der Waals surface area contributed by atoms with E-state index in [-0.39, 0.29) is 11.4 Å². The van der Waals surface area contributed by atoms with Gasteiger partial charge in [0.15, 0.2) is 6.10 Å². The van der Waals surface area contributed by atoms with E-state index < -0.39 is 34.8 Å². The Kier molecular flexibility index (Phi) is 5.02. The van der Waals surface area contributed by atoms with Gasteiger partial charge in [-0.15, -0.1) is 0 Å². The van der Waals surface area contributed by atoms with Crippen molar-refractivity contribution in [3.8, 4) is 5.75 Å². The lowest BCUT2D eigenvalue weighted by Crippen LogP contribution is -2.37. The van der Waals surface area contributed by atoms with Crippen LogP contribution in [0.5, 0.6) is 5.75 Å². The highest BCUT2D eigenvalue weighted by Crippen LogP contribution is 2.47. The Balaban J connectivity index is 1.53. The summed E-state index contributed by atoms with van der Waals surface area (Å²) in [5.41, 5.74) is 1.66. The molecule has 2 aliphatic rings. The van der Waals surface area contributed by atoms with Gasteiger partial charge in [-0.1, -0.05) is 30.3 Å². The van der Waals surface area contributed by atoms with Crippen molar-refractivity contribution in [3.05, 3.63) is 94.5 Å². The Hall–Kier alpha value is -4.24. The highest BCUT2D eigenvalue weighted by atomic mass is 16.7. The van der Waals surface area contributed by atoms with E-state index in [9.17, 15) is 19.7 Å². The average Bonchev–Trinajstić information content (AvgIpc) is 3.35. The zero-order valence-corrected chi connectivity index (χ0v) is 17.5. The van der Waals surface area contributed by atoms with Crippen LogP contribution in [-0.4, -0.2) is 30.0 Å². The highest BCUT2D eigenvalue weighted by Gasteiger charge is 2.60. The lowest BCUT2D eigenvalue weighted by Gasteiger charge is -2.28. The minimum Gasteiger partial charge on any atom is -0.497 e. The van der Waals surface area contributed by atoms with Crippen molar-refractivity contribution < 1.29 is 24.1 Å². The van der Waals surface area contributed by atoms with Gasteiger partial charge in [-0.25, -0.2) is 9.96 Å². The first kappa shape index (κ1) is 20.7. The zero-order valence-electron chi connectivity index (χ0n) is 17.5. The molecule has 0 N–H and O–H groups in total.